The molecule has 0 bridgehead atoms. The van der Waals surface area contributed by atoms with Gasteiger partial charge in [0.25, 0.3) is 0 Å². The van der Waals surface area contributed by atoms with E-state index in [1.54, 1.807) is 19.2 Å². The fraction of sp³-hybridized carbons (Fsp3) is 0.400. The third-order valence-corrected chi connectivity index (χ3v) is 2.54. The van der Waals surface area contributed by atoms with E-state index in [2.05, 4.69) is 20.9 Å². The molecule has 0 fully saturated rings. The van der Waals surface area contributed by atoms with E-state index in [1.807, 2.05) is 6.07 Å². The van der Waals surface area contributed by atoms with Crippen LogP contribution in [0.2, 0.25) is 0 Å². The minimum Gasteiger partial charge on any atom is -0.466 e. The van der Waals surface area contributed by atoms with Gasteiger partial charge < -0.3 is 10.5 Å². The van der Waals surface area contributed by atoms with Crippen molar-refractivity contribution in [2.24, 2.45) is 5.73 Å². The van der Waals surface area contributed by atoms with Crippen LogP contribution >= 0.6 is 28.3 Å². The monoisotopic (exact) mass is 308 g/mol. The second-order valence-corrected chi connectivity index (χ2v) is 3.75. The van der Waals surface area contributed by atoms with Gasteiger partial charge >= 0.3 is 5.97 Å². The summed E-state index contributed by atoms with van der Waals surface area (Å²) in [4.78, 5) is 15.2. The molecule has 1 atom stereocenters. The molecule has 0 saturated heterocycles. The number of esters is 1. The first-order chi connectivity index (χ1) is 7.15. The lowest BCUT2D eigenvalue weighted by Crippen LogP contribution is -2.17. The van der Waals surface area contributed by atoms with Crippen LogP contribution in [0.25, 0.3) is 0 Å². The quantitative estimate of drug-likeness (QED) is 0.684. The van der Waals surface area contributed by atoms with Crippen molar-refractivity contribution in [2.45, 2.75) is 19.4 Å². The fourth-order valence-corrected chi connectivity index (χ4v) is 1.73. The van der Waals surface area contributed by atoms with Gasteiger partial charge in [0.1, 0.15) is 4.60 Å². The molecular weight excluding hydrogens is 295 g/mol. The Balaban J connectivity index is 0.00000225. The van der Waals surface area contributed by atoms with Crippen LogP contribution in [-0.2, 0) is 9.53 Å². The highest BCUT2D eigenvalue weighted by atomic mass is 79.9. The van der Waals surface area contributed by atoms with Gasteiger partial charge in [0.15, 0.2) is 0 Å². The molecule has 0 aliphatic rings. The highest BCUT2D eigenvalue weighted by Gasteiger charge is 2.14. The summed E-state index contributed by atoms with van der Waals surface area (Å²) in [5, 5.41) is 0. The van der Waals surface area contributed by atoms with E-state index in [0.29, 0.717) is 11.2 Å². The second-order valence-electron chi connectivity index (χ2n) is 3.00. The number of rotatable bonds is 4. The summed E-state index contributed by atoms with van der Waals surface area (Å²) in [7, 11) is 0. The van der Waals surface area contributed by atoms with Gasteiger partial charge in [-0.3, -0.25) is 4.79 Å². The molecule has 0 amide bonds. The van der Waals surface area contributed by atoms with Gasteiger partial charge in [-0.1, -0.05) is 6.07 Å². The lowest BCUT2D eigenvalue weighted by atomic mass is 10.1. The lowest BCUT2D eigenvalue weighted by molar-refractivity contribution is -0.143. The highest BCUT2D eigenvalue weighted by Crippen LogP contribution is 2.21. The predicted octanol–water partition coefficient (Wildman–Crippen LogP) is 2.22. The molecule has 1 aromatic rings. The van der Waals surface area contributed by atoms with Crippen LogP contribution in [0.4, 0.5) is 0 Å². The molecule has 0 aliphatic heterocycles. The zero-order chi connectivity index (χ0) is 11.3. The Morgan fingerprint density at radius 1 is 1.69 bits per heavy atom. The van der Waals surface area contributed by atoms with Crippen molar-refractivity contribution in [3.05, 3.63) is 28.5 Å². The highest BCUT2D eigenvalue weighted by molar-refractivity contribution is 9.10. The van der Waals surface area contributed by atoms with Crippen molar-refractivity contribution in [3.8, 4) is 0 Å². The number of pyridine rings is 1. The number of ether oxygens (including phenoxy) is 1. The molecule has 4 nitrogen and oxygen atoms in total. The number of hydrogen-bond donors (Lipinski definition) is 1. The van der Waals surface area contributed by atoms with Gasteiger partial charge in [0.2, 0.25) is 0 Å². The van der Waals surface area contributed by atoms with Crippen LogP contribution in [0.1, 0.15) is 24.9 Å². The van der Waals surface area contributed by atoms with Gasteiger partial charge in [0.05, 0.1) is 13.0 Å². The Morgan fingerprint density at radius 2 is 2.38 bits per heavy atom. The van der Waals surface area contributed by atoms with Gasteiger partial charge in [-0.2, -0.15) is 0 Å². The molecule has 1 aromatic heterocycles. The second kappa shape index (κ2) is 7.60. The first kappa shape index (κ1) is 15.3. The molecule has 90 valence electrons. The average Bonchev–Trinajstić information content (AvgIpc) is 2.18. The minimum absolute atomic E-state index is 0. The van der Waals surface area contributed by atoms with E-state index in [9.17, 15) is 4.79 Å². The van der Waals surface area contributed by atoms with E-state index >= 15 is 0 Å². The predicted molar refractivity (Wildman–Crippen MR) is 67.4 cm³/mol. The molecule has 0 radical (unpaired) electrons. The van der Waals surface area contributed by atoms with Gasteiger partial charge in [-0.15, -0.1) is 12.4 Å². The van der Waals surface area contributed by atoms with Crippen LogP contribution in [0.5, 0.6) is 0 Å². The molecule has 1 rings (SSSR count). The van der Waals surface area contributed by atoms with Crippen molar-refractivity contribution in [1.29, 1.82) is 0 Å². The van der Waals surface area contributed by atoms with Crippen LogP contribution in [0.15, 0.2) is 22.9 Å². The summed E-state index contributed by atoms with van der Waals surface area (Å²) < 4.78 is 5.49. The number of carbonyl (C=O) groups excluding carboxylic acids is 1. The summed E-state index contributed by atoms with van der Waals surface area (Å²) in [5.41, 5.74) is 6.67. The topological polar surface area (TPSA) is 65.2 Å². The summed E-state index contributed by atoms with van der Waals surface area (Å²) in [6, 6.07) is 3.23. The van der Waals surface area contributed by atoms with Crippen molar-refractivity contribution in [1.82, 2.24) is 4.98 Å². The number of halogens is 2. The number of hydrogen-bond acceptors (Lipinski definition) is 4. The Labute approximate surface area is 109 Å². The first-order valence-electron chi connectivity index (χ1n) is 4.66. The zero-order valence-electron chi connectivity index (χ0n) is 8.85. The maximum Gasteiger partial charge on any atom is 0.307 e. The smallest absolute Gasteiger partial charge is 0.307 e. The van der Waals surface area contributed by atoms with Crippen LogP contribution in [0, 0.1) is 0 Å². The molecule has 0 unspecified atom stereocenters. The molecule has 0 spiro atoms. The molecule has 1 heterocycles. The van der Waals surface area contributed by atoms with E-state index < -0.39 is 0 Å². The van der Waals surface area contributed by atoms with Gasteiger partial charge in [0, 0.05) is 17.8 Å². The average molecular weight is 310 g/mol. The molecular formula is C10H14BrClN2O2. The molecule has 16 heavy (non-hydrogen) atoms. The largest absolute Gasteiger partial charge is 0.466 e. The summed E-state index contributed by atoms with van der Waals surface area (Å²) >= 11 is 3.28. The molecule has 6 heteroatoms. The fourth-order valence-electron chi connectivity index (χ4n) is 1.18. The van der Waals surface area contributed by atoms with E-state index in [1.165, 1.54) is 0 Å². The SMILES string of the molecule is CCOC(=O)C[C@H](N)c1cccnc1Br.Cl. The maximum atomic E-state index is 11.2. The number of carbonyl (C=O) groups is 1. The first-order valence-corrected chi connectivity index (χ1v) is 5.46. The lowest BCUT2D eigenvalue weighted by Gasteiger charge is -2.11. The number of nitrogens with two attached hydrogens (primary N) is 1. The van der Waals surface area contributed by atoms with Crippen molar-refractivity contribution < 1.29 is 9.53 Å². The molecule has 0 aromatic carbocycles. The Hall–Kier alpha value is -0.650. The number of aromatic nitrogens is 1. The van der Waals surface area contributed by atoms with Gasteiger partial charge in [-0.25, -0.2) is 4.98 Å². The standard InChI is InChI=1S/C10H13BrN2O2.ClH/c1-2-15-9(14)6-8(12)7-4-3-5-13-10(7)11;/h3-5,8H,2,6,12H2,1H3;1H/t8-;/m0./s1. The molecule has 0 aliphatic carbocycles. The molecule has 2 N–H and O–H groups in total. The Bertz CT molecular complexity index is 349. The van der Waals surface area contributed by atoms with Crippen molar-refractivity contribution >= 4 is 34.3 Å². The summed E-state index contributed by atoms with van der Waals surface area (Å²) in [6.45, 7) is 2.14. The van der Waals surface area contributed by atoms with E-state index in [4.69, 9.17) is 10.5 Å². The van der Waals surface area contributed by atoms with Crippen LogP contribution < -0.4 is 5.73 Å². The van der Waals surface area contributed by atoms with Crippen LogP contribution in [-0.4, -0.2) is 17.6 Å². The number of nitrogens with zero attached hydrogens (tertiary/aromatic N) is 1. The Morgan fingerprint density at radius 3 is 2.94 bits per heavy atom. The Kier molecular flexibility index (Phi) is 7.29. The summed E-state index contributed by atoms with van der Waals surface area (Å²) in [5.74, 6) is -0.291. The third kappa shape index (κ3) is 4.47. The normalized spacial score (nSPS) is 11.4. The maximum absolute atomic E-state index is 11.2. The third-order valence-electron chi connectivity index (χ3n) is 1.88. The van der Waals surface area contributed by atoms with Crippen molar-refractivity contribution in [3.63, 3.8) is 0 Å². The van der Waals surface area contributed by atoms with Gasteiger partial charge in [-0.05, 0) is 28.9 Å². The van der Waals surface area contributed by atoms with E-state index in [-0.39, 0.29) is 30.8 Å². The molecule has 0 saturated carbocycles. The van der Waals surface area contributed by atoms with Crippen molar-refractivity contribution in [2.75, 3.05) is 6.61 Å². The minimum atomic E-state index is -0.382. The van der Waals surface area contributed by atoms with E-state index in [0.717, 1.165) is 5.56 Å². The summed E-state index contributed by atoms with van der Waals surface area (Å²) in [6.07, 6.45) is 1.82. The zero-order valence-corrected chi connectivity index (χ0v) is 11.3. The van der Waals surface area contributed by atoms with Crippen LogP contribution in [0.3, 0.4) is 0 Å².